The number of fused-ring (bicyclic) bond motifs is 1. The van der Waals surface area contributed by atoms with Crippen LogP contribution in [0.4, 0.5) is 5.69 Å². The van der Waals surface area contributed by atoms with Crippen molar-refractivity contribution in [2.24, 2.45) is 0 Å². The fourth-order valence-corrected chi connectivity index (χ4v) is 1.93. The van der Waals surface area contributed by atoms with Crippen molar-refractivity contribution in [1.29, 1.82) is 0 Å². The van der Waals surface area contributed by atoms with Gasteiger partial charge >= 0.3 is 0 Å². The van der Waals surface area contributed by atoms with Gasteiger partial charge in [-0.2, -0.15) is 0 Å². The van der Waals surface area contributed by atoms with Gasteiger partial charge in [0.1, 0.15) is 11.7 Å². The monoisotopic (exact) mass is 253 g/mol. The number of hydrogen-bond donors (Lipinski definition) is 1. The molecule has 0 spiro atoms. The molecule has 1 atom stereocenters. The molecule has 1 aliphatic rings. The minimum absolute atomic E-state index is 0.263. The minimum Gasteiger partial charge on any atom is -0.325 e. The summed E-state index contributed by atoms with van der Waals surface area (Å²) >= 11 is 3.30. The van der Waals surface area contributed by atoms with E-state index in [1.165, 1.54) is 0 Å². The van der Waals surface area contributed by atoms with Crippen molar-refractivity contribution in [3.05, 3.63) is 28.2 Å². The maximum Gasteiger partial charge on any atom is 0.242 e. The lowest BCUT2D eigenvalue weighted by Gasteiger charge is -2.12. The number of halogens is 1. The number of anilines is 1. The van der Waals surface area contributed by atoms with Crippen LogP contribution in [-0.4, -0.2) is 12.2 Å². The van der Waals surface area contributed by atoms with E-state index in [0.717, 1.165) is 10.0 Å². The highest BCUT2D eigenvalue weighted by Gasteiger charge is 2.42. The van der Waals surface area contributed by atoms with E-state index in [2.05, 4.69) is 21.2 Å². The van der Waals surface area contributed by atoms with Gasteiger partial charge in [-0.25, -0.2) is 0 Å². The van der Waals surface area contributed by atoms with E-state index in [4.69, 9.17) is 0 Å². The van der Waals surface area contributed by atoms with Crippen LogP contribution in [0.1, 0.15) is 12.5 Å². The van der Waals surface area contributed by atoms with E-state index < -0.39 is 5.41 Å². The van der Waals surface area contributed by atoms with Crippen LogP contribution in [0.5, 0.6) is 0 Å². The SMILES string of the molecule is CC1(C=O)C(=O)Nc2cc(Br)ccc21. The van der Waals surface area contributed by atoms with Crippen molar-refractivity contribution in [2.75, 3.05) is 5.32 Å². The summed E-state index contributed by atoms with van der Waals surface area (Å²) in [6.07, 6.45) is 0.683. The highest BCUT2D eigenvalue weighted by atomic mass is 79.9. The average Bonchev–Trinajstić information content (AvgIpc) is 2.39. The third-order valence-corrected chi connectivity index (χ3v) is 2.99. The Labute approximate surface area is 89.6 Å². The molecule has 1 N–H and O–H groups in total. The molecule has 3 nitrogen and oxygen atoms in total. The number of carbonyl (C=O) groups excluding carboxylic acids is 2. The van der Waals surface area contributed by atoms with Gasteiger partial charge in [-0.1, -0.05) is 22.0 Å². The topological polar surface area (TPSA) is 46.2 Å². The molecule has 1 amide bonds. The Hall–Kier alpha value is -1.16. The lowest BCUT2D eigenvalue weighted by atomic mass is 9.86. The van der Waals surface area contributed by atoms with Crippen molar-refractivity contribution >= 4 is 33.8 Å². The van der Waals surface area contributed by atoms with Crippen molar-refractivity contribution in [3.8, 4) is 0 Å². The second-order valence-corrected chi connectivity index (χ2v) is 4.38. The third-order valence-electron chi connectivity index (χ3n) is 2.50. The Kier molecular flexibility index (Phi) is 1.96. The predicted octanol–water partition coefficient (Wildman–Crippen LogP) is 1.86. The second kappa shape index (κ2) is 2.92. The van der Waals surface area contributed by atoms with Crippen LogP contribution in [0.2, 0.25) is 0 Å². The van der Waals surface area contributed by atoms with Gasteiger partial charge in [-0.05, 0) is 24.6 Å². The number of amides is 1. The first kappa shape index (κ1) is 9.40. The van der Waals surface area contributed by atoms with E-state index in [1.807, 2.05) is 6.07 Å². The molecule has 1 unspecified atom stereocenters. The van der Waals surface area contributed by atoms with E-state index in [0.29, 0.717) is 12.0 Å². The summed E-state index contributed by atoms with van der Waals surface area (Å²) in [6, 6.07) is 5.40. The molecule has 14 heavy (non-hydrogen) atoms. The van der Waals surface area contributed by atoms with Gasteiger partial charge in [0.15, 0.2) is 0 Å². The molecular weight excluding hydrogens is 246 g/mol. The van der Waals surface area contributed by atoms with Crippen LogP contribution >= 0.6 is 15.9 Å². The Morgan fingerprint density at radius 2 is 2.21 bits per heavy atom. The molecule has 0 saturated carbocycles. The summed E-state index contributed by atoms with van der Waals surface area (Å²) in [5.41, 5.74) is 0.412. The summed E-state index contributed by atoms with van der Waals surface area (Å²) in [6.45, 7) is 1.62. The quantitative estimate of drug-likeness (QED) is 0.614. The Morgan fingerprint density at radius 1 is 1.50 bits per heavy atom. The molecule has 1 aromatic rings. The molecule has 0 aromatic heterocycles. The first-order chi connectivity index (χ1) is 6.58. The predicted molar refractivity (Wildman–Crippen MR) is 56.2 cm³/mol. The second-order valence-electron chi connectivity index (χ2n) is 3.46. The van der Waals surface area contributed by atoms with Gasteiger partial charge in [0.05, 0.1) is 0 Å². The number of aldehydes is 1. The first-order valence-corrected chi connectivity index (χ1v) is 4.95. The molecule has 0 bridgehead atoms. The first-order valence-electron chi connectivity index (χ1n) is 4.16. The summed E-state index contributed by atoms with van der Waals surface area (Å²) in [4.78, 5) is 22.5. The summed E-state index contributed by atoms with van der Waals surface area (Å²) in [5.74, 6) is -0.263. The van der Waals surface area contributed by atoms with Crippen LogP contribution in [0.25, 0.3) is 0 Å². The zero-order valence-corrected chi connectivity index (χ0v) is 9.09. The molecule has 0 saturated heterocycles. The van der Waals surface area contributed by atoms with Crippen molar-refractivity contribution in [3.63, 3.8) is 0 Å². The van der Waals surface area contributed by atoms with Gasteiger partial charge in [0.25, 0.3) is 0 Å². The lowest BCUT2D eigenvalue weighted by molar-refractivity contribution is -0.125. The highest BCUT2D eigenvalue weighted by molar-refractivity contribution is 9.10. The summed E-state index contributed by atoms with van der Waals surface area (Å²) in [5, 5.41) is 2.68. The summed E-state index contributed by atoms with van der Waals surface area (Å²) in [7, 11) is 0. The van der Waals surface area contributed by atoms with Crippen LogP contribution in [0.3, 0.4) is 0 Å². The van der Waals surface area contributed by atoms with Crippen molar-refractivity contribution in [2.45, 2.75) is 12.3 Å². The Morgan fingerprint density at radius 3 is 2.86 bits per heavy atom. The number of benzene rings is 1. The van der Waals surface area contributed by atoms with Crippen molar-refractivity contribution < 1.29 is 9.59 Å². The minimum atomic E-state index is -1.03. The lowest BCUT2D eigenvalue weighted by Crippen LogP contribution is -2.32. The van der Waals surface area contributed by atoms with Crippen LogP contribution in [-0.2, 0) is 15.0 Å². The number of carbonyl (C=O) groups is 2. The molecule has 1 heterocycles. The highest BCUT2D eigenvalue weighted by Crippen LogP contribution is 2.37. The Balaban J connectivity index is 2.64. The van der Waals surface area contributed by atoms with Gasteiger partial charge in [0.2, 0.25) is 5.91 Å². The average molecular weight is 254 g/mol. The molecule has 0 radical (unpaired) electrons. The third kappa shape index (κ3) is 1.10. The normalized spacial score (nSPS) is 24.3. The summed E-state index contributed by atoms with van der Waals surface area (Å²) < 4.78 is 0.881. The molecule has 1 aliphatic heterocycles. The molecule has 0 aliphatic carbocycles. The van der Waals surface area contributed by atoms with Crippen molar-refractivity contribution in [1.82, 2.24) is 0 Å². The maximum atomic E-state index is 11.5. The fraction of sp³-hybridized carbons (Fsp3) is 0.200. The number of rotatable bonds is 1. The van der Waals surface area contributed by atoms with Gasteiger partial charge in [0, 0.05) is 10.2 Å². The zero-order chi connectivity index (χ0) is 10.3. The smallest absolute Gasteiger partial charge is 0.242 e. The van der Waals surface area contributed by atoms with Crippen LogP contribution in [0, 0.1) is 0 Å². The molecule has 1 aromatic carbocycles. The van der Waals surface area contributed by atoms with Crippen LogP contribution in [0.15, 0.2) is 22.7 Å². The molecule has 4 heteroatoms. The molecule has 2 rings (SSSR count). The van der Waals surface area contributed by atoms with Crippen LogP contribution < -0.4 is 5.32 Å². The van der Waals surface area contributed by atoms with Gasteiger partial charge in [-0.15, -0.1) is 0 Å². The van der Waals surface area contributed by atoms with E-state index in [9.17, 15) is 9.59 Å². The zero-order valence-electron chi connectivity index (χ0n) is 7.50. The standard InChI is InChI=1S/C10H8BrNO2/c1-10(5-13)7-3-2-6(11)4-8(7)12-9(10)14/h2-5H,1H3,(H,12,14). The molecule has 72 valence electrons. The maximum absolute atomic E-state index is 11.5. The number of nitrogens with one attached hydrogen (secondary N) is 1. The van der Waals surface area contributed by atoms with Gasteiger partial charge < -0.3 is 10.1 Å². The Bertz CT molecular complexity index is 430. The molecular formula is C10H8BrNO2. The van der Waals surface area contributed by atoms with E-state index in [1.54, 1.807) is 19.1 Å². The number of hydrogen-bond acceptors (Lipinski definition) is 2. The van der Waals surface area contributed by atoms with Gasteiger partial charge in [-0.3, -0.25) is 4.79 Å². The largest absolute Gasteiger partial charge is 0.325 e. The molecule has 0 fully saturated rings. The fourth-order valence-electron chi connectivity index (χ4n) is 1.56. The van der Waals surface area contributed by atoms with E-state index >= 15 is 0 Å². The van der Waals surface area contributed by atoms with E-state index in [-0.39, 0.29) is 5.91 Å².